The van der Waals surface area contributed by atoms with Crippen LogP contribution in [0.1, 0.15) is 37.3 Å². The zero-order valence-electron chi connectivity index (χ0n) is 17.6. The second kappa shape index (κ2) is 9.85. The molecule has 1 aromatic heterocycles. The van der Waals surface area contributed by atoms with Gasteiger partial charge in [0.25, 0.3) is 0 Å². The van der Waals surface area contributed by atoms with E-state index in [2.05, 4.69) is 28.9 Å². The minimum Gasteiger partial charge on any atom is -0.463 e. The lowest BCUT2D eigenvalue weighted by atomic mass is 10.0. The summed E-state index contributed by atoms with van der Waals surface area (Å²) in [5, 5.41) is 12.7. The van der Waals surface area contributed by atoms with Gasteiger partial charge < -0.3 is 24.9 Å². The fourth-order valence-electron chi connectivity index (χ4n) is 3.26. The number of halogens is 1. The molecule has 8 heteroatoms. The van der Waals surface area contributed by atoms with Crippen LogP contribution in [0.3, 0.4) is 0 Å². The maximum absolute atomic E-state index is 12.0. The van der Waals surface area contributed by atoms with E-state index < -0.39 is 18.3 Å². The number of benzene rings is 2. The maximum atomic E-state index is 12.0. The SMILES string of the molecule is Cc1cc(NC(=O)CC(=O)OCCO)cc(Cl)c1Oc1ccc2[nH]cc(C(C)C)c2c1. The van der Waals surface area contributed by atoms with E-state index in [1.807, 2.05) is 31.3 Å². The Bertz CT molecular complexity index is 1080. The first-order valence-electron chi connectivity index (χ1n) is 9.94. The summed E-state index contributed by atoms with van der Waals surface area (Å²) in [5.41, 5.74) is 3.41. The van der Waals surface area contributed by atoms with Crippen molar-refractivity contribution in [3.05, 3.63) is 52.7 Å². The highest BCUT2D eigenvalue weighted by Crippen LogP contribution is 2.37. The Kier molecular flexibility index (Phi) is 7.20. The molecule has 31 heavy (non-hydrogen) atoms. The Labute approximate surface area is 185 Å². The summed E-state index contributed by atoms with van der Waals surface area (Å²) in [6.45, 7) is 5.66. The highest BCUT2D eigenvalue weighted by atomic mass is 35.5. The van der Waals surface area contributed by atoms with E-state index in [1.54, 1.807) is 12.1 Å². The predicted molar refractivity (Wildman–Crippen MR) is 120 cm³/mol. The lowest BCUT2D eigenvalue weighted by Crippen LogP contribution is -2.19. The lowest BCUT2D eigenvalue weighted by Gasteiger charge is -2.14. The second-order valence-electron chi connectivity index (χ2n) is 7.48. The lowest BCUT2D eigenvalue weighted by molar-refractivity contribution is -0.146. The van der Waals surface area contributed by atoms with E-state index in [9.17, 15) is 9.59 Å². The van der Waals surface area contributed by atoms with Gasteiger partial charge in [0.05, 0.1) is 11.6 Å². The number of aliphatic hydroxyl groups is 1. The second-order valence-corrected chi connectivity index (χ2v) is 7.89. The van der Waals surface area contributed by atoms with Gasteiger partial charge in [-0.15, -0.1) is 0 Å². The quantitative estimate of drug-likeness (QED) is 0.338. The van der Waals surface area contributed by atoms with E-state index in [1.165, 1.54) is 5.56 Å². The first-order valence-corrected chi connectivity index (χ1v) is 10.3. The van der Waals surface area contributed by atoms with Gasteiger partial charge in [-0.1, -0.05) is 25.4 Å². The summed E-state index contributed by atoms with van der Waals surface area (Å²) < 4.78 is 10.7. The highest BCUT2D eigenvalue weighted by Gasteiger charge is 2.15. The number of hydrogen-bond donors (Lipinski definition) is 3. The Morgan fingerprint density at radius 2 is 2.00 bits per heavy atom. The maximum Gasteiger partial charge on any atom is 0.315 e. The Morgan fingerprint density at radius 1 is 1.23 bits per heavy atom. The molecule has 164 valence electrons. The number of aliphatic hydroxyl groups excluding tert-OH is 1. The van der Waals surface area contributed by atoms with Gasteiger partial charge >= 0.3 is 5.97 Å². The summed E-state index contributed by atoms with van der Waals surface area (Å²) in [6, 6.07) is 9.09. The Morgan fingerprint density at radius 3 is 2.68 bits per heavy atom. The van der Waals surface area contributed by atoms with Gasteiger partial charge in [0.15, 0.2) is 0 Å². The number of nitrogens with one attached hydrogen (secondary N) is 2. The first kappa shape index (κ1) is 22.7. The van der Waals surface area contributed by atoms with Crippen molar-refractivity contribution < 1.29 is 24.2 Å². The summed E-state index contributed by atoms with van der Waals surface area (Å²) >= 11 is 6.42. The van der Waals surface area contributed by atoms with Crippen LogP contribution in [0, 0.1) is 6.92 Å². The Hall–Kier alpha value is -3.03. The third-order valence-corrected chi connectivity index (χ3v) is 4.98. The smallest absolute Gasteiger partial charge is 0.315 e. The average Bonchev–Trinajstić information content (AvgIpc) is 3.12. The number of amides is 1. The molecule has 3 rings (SSSR count). The van der Waals surface area contributed by atoms with Crippen molar-refractivity contribution in [1.29, 1.82) is 0 Å². The Balaban J connectivity index is 1.75. The van der Waals surface area contributed by atoms with Crippen LogP contribution in [-0.4, -0.2) is 35.2 Å². The van der Waals surface area contributed by atoms with Crippen LogP contribution in [0.2, 0.25) is 5.02 Å². The molecule has 3 N–H and O–H groups in total. The van der Waals surface area contributed by atoms with Crippen molar-refractivity contribution in [1.82, 2.24) is 4.98 Å². The molecule has 2 aromatic carbocycles. The molecule has 0 aliphatic rings. The summed E-state index contributed by atoms with van der Waals surface area (Å²) in [5.74, 6) is 0.269. The predicted octanol–water partition coefficient (Wildman–Crippen LogP) is 4.91. The van der Waals surface area contributed by atoms with Gasteiger partial charge in [-0.25, -0.2) is 0 Å². The number of aryl methyl sites for hydroxylation is 1. The van der Waals surface area contributed by atoms with Crippen molar-refractivity contribution >= 4 is 40.1 Å². The molecule has 0 atom stereocenters. The van der Waals surface area contributed by atoms with Crippen LogP contribution in [0.25, 0.3) is 10.9 Å². The first-order chi connectivity index (χ1) is 14.8. The largest absolute Gasteiger partial charge is 0.463 e. The van der Waals surface area contributed by atoms with Gasteiger partial charge in [0.1, 0.15) is 24.5 Å². The average molecular weight is 445 g/mol. The number of rotatable bonds is 8. The molecule has 0 unspecified atom stereocenters. The number of carbonyl (C=O) groups is 2. The van der Waals surface area contributed by atoms with Gasteiger partial charge in [-0.2, -0.15) is 0 Å². The van der Waals surface area contributed by atoms with E-state index in [0.717, 1.165) is 16.5 Å². The monoisotopic (exact) mass is 444 g/mol. The van der Waals surface area contributed by atoms with E-state index in [4.69, 9.17) is 21.4 Å². The fraction of sp³-hybridized carbons (Fsp3) is 0.304. The number of carbonyl (C=O) groups excluding carboxylic acids is 2. The molecule has 1 heterocycles. The fourth-order valence-corrected chi connectivity index (χ4v) is 3.56. The number of aromatic amines is 1. The molecule has 0 radical (unpaired) electrons. The summed E-state index contributed by atoms with van der Waals surface area (Å²) in [6.07, 6.45) is 1.55. The minimum absolute atomic E-state index is 0.143. The van der Waals surface area contributed by atoms with Crippen molar-refractivity contribution in [2.75, 3.05) is 18.5 Å². The number of fused-ring (bicyclic) bond motifs is 1. The molecule has 3 aromatic rings. The molecule has 0 fully saturated rings. The zero-order valence-corrected chi connectivity index (χ0v) is 18.4. The van der Waals surface area contributed by atoms with Gasteiger partial charge in [-0.3, -0.25) is 9.59 Å². The summed E-state index contributed by atoms with van der Waals surface area (Å²) in [7, 11) is 0. The van der Waals surface area contributed by atoms with Crippen molar-refractivity contribution in [2.24, 2.45) is 0 Å². The van der Waals surface area contributed by atoms with Gasteiger partial charge in [-0.05, 0) is 54.3 Å². The highest BCUT2D eigenvalue weighted by molar-refractivity contribution is 6.32. The van der Waals surface area contributed by atoms with Crippen LogP contribution in [-0.2, 0) is 14.3 Å². The van der Waals surface area contributed by atoms with Gasteiger partial charge in [0, 0.05) is 22.8 Å². The van der Waals surface area contributed by atoms with Crippen LogP contribution in [0.15, 0.2) is 36.5 Å². The minimum atomic E-state index is -0.713. The summed E-state index contributed by atoms with van der Waals surface area (Å²) in [4.78, 5) is 26.8. The van der Waals surface area contributed by atoms with Crippen LogP contribution >= 0.6 is 11.6 Å². The molecular weight excluding hydrogens is 420 g/mol. The van der Waals surface area contributed by atoms with Crippen molar-refractivity contribution in [3.63, 3.8) is 0 Å². The molecule has 0 saturated heterocycles. The van der Waals surface area contributed by atoms with E-state index in [-0.39, 0.29) is 13.2 Å². The number of H-pyrrole nitrogens is 1. The molecular formula is C23H25ClN2O5. The van der Waals surface area contributed by atoms with Crippen molar-refractivity contribution in [2.45, 2.75) is 33.1 Å². The normalized spacial score (nSPS) is 11.0. The van der Waals surface area contributed by atoms with Crippen LogP contribution in [0.5, 0.6) is 11.5 Å². The third kappa shape index (κ3) is 5.57. The number of anilines is 1. The molecule has 1 amide bonds. The number of ether oxygens (including phenoxy) is 2. The molecule has 0 saturated carbocycles. The van der Waals surface area contributed by atoms with Crippen LogP contribution in [0.4, 0.5) is 5.69 Å². The third-order valence-electron chi connectivity index (χ3n) is 4.70. The van der Waals surface area contributed by atoms with E-state index in [0.29, 0.717) is 28.1 Å². The zero-order chi connectivity index (χ0) is 22.5. The molecule has 7 nitrogen and oxygen atoms in total. The van der Waals surface area contributed by atoms with Gasteiger partial charge in [0.2, 0.25) is 5.91 Å². The van der Waals surface area contributed by atoms with E-state index >= 15 is 0 Å². The molecule has 0 spiro atoms. The standard InChI is InChI=1S/C23H25ClN2O5/c1-13(2)18-12-25-20-5-4-16(10-17(18)20)31-23-14(3)8-15(9-19(23)24)26-21(28)11-22(29)30-7-6-27/h4-5,8-10,12-13,25,27H,6-7,11H2,1-3H3,(H,26,28). The molecule has 0 aliphatic heterocycles. The number of esters is 1. The topological polar surface area (TPSA) is 101 Å². The molecule has 0 aliphatic carbocycles. The molecule has 0 bridgehead atoms. The number of hydrogen-bond acceptors (Lipinski definition) is 5. The van der Waals surface area contributed by atoms with Crippen LogP contribution < -0.4 is 10.1 Å². The van der Waals surface area contributed by atoms with Crippen molar-refractivity contribution in [3.8, 4) is 11.5 Å². The number of aromatic nitrogens is 1.